The zero-order valence-corrected chi connectivity index (χ0v) is 17.6. The fraction of sp³-hybridized carbons (Fsp3) is 0.412. The second kappa shape index (κ2) is 11.8. The Morgan fingerprint density at radius 3 is 2.69 bits per heavy atom. The number of nitrogens with two attached hydrogens (primary N) is 1. The molecule has 1 aromatic heterocycles. The molecule has 0 bridgehead atoms. The Morgan fingerprint density at radius 2 is 1.96 bits per heavy atom. The molecule has 1 aliphatic heterocycles. The number of rotatable bonds is 6. The summed E-state index contributed by atoms with van der Waals surface area (Å²) >= 11 is 3.48. The Labute approximate surface area is 175 Å². The molecule has 0 unspecified atom stereocenters. The van der Waals surface area contributed by atoms with Crippen molar-refractivity contribution in [3.05, 3.63) is 45.9 Å². The van der Waals surface area contributed by atoms with Crippen LogP contribution in [0.4, 0.5) is 5.69 Å². The number of amides is 1. The van der Waals surface area contributed by atoms with Crippen LogP contribution in [0, 0.1) is 0 Å². The Kier molecular flexibility index (Phi) is 10.5. The van der Waals surface area contributed by atoms with Gasteiger partial charge in [0.2, 0.25) is 0 Å². The third-order valence-electron chi connectivity index (χ3n) is 3.91. The largest absolute Gasteiger partial charge is 0.330 e. The van der Waals surface area contributed by atoms with Crippen molar-refractivity contribution >= 4 is 59.5 Å². The van der Waals surface area contributed by atoms with Gasteiger partial charge in [-0.05, 0) is 18.2 Å². The van der Waals surface area contributed by atoms with Crippen LogP contribution >= 0.6 is 47.9 Å². The summed E-state index contributed by atoms with van der Waals surface area (Å²) in [7, 11) is 0. The van der Waals surface area contributed by atoms with Crippen LogP contribution in [0.1, 0.15) is 21.1 Å². The fourth-order valence-electron chi connectivity index (χ4n) is 2.62. The molecular weight excluding hydrogens is 411 g/mol. The second-order valence-corrected chi connectivity index (χ2v) is 7.83. The van der Waals surface area contributed by atoms with Crippen LogP contribution in [0.25, 0.3) is 0 Å². The molecule has 5 nitrogen and oxygen atoms in total. The minimum atomic E-state index is -0.156. The van der Waals surface area contributed by atoms with Gasteiger partial charge in [0, 0.05) is 48.6 Å². The van der Waals surface area contributed by atoms with Crippen molar-refractivity contribution in [3.8, 4) is 0 Å². The van der Waals surface area contributed by atoms with E-state index in [1.807, 2.05) is 30.0 Å². The summed E-state index contributed by atoms with van der Waals surface area (Å²) in [5.41, 5.74) is 8.02. The van der Waals surface area contributed by atoms with E-state index < -0.39 is 0 Å². The summed E-state index contributed by atoms with van der Waals surface area (Å²) in [6, 6.07) is 8.01. The molecule has 26 heavy (non-hydrogen) atoms. The fourth-order valence-corrected chi connectivity index (χ4v) is 4.39. The number of aromatic nitrogens is 1. The predicted molar refractivity (Wildman–Crippen MR) is 116 cm³/mol. The highest BCUT2D eigenvalue weighted by Crippen LogP contribution is 2.21. The summed E-state index contributed by atoms with van der Waals surface area (Å²) in [6.45, 7) is 3.61. The highest BCUT2D eigenvalue weighted by Gasteiger charge is 2.15. The number of nitrogens with one attached hydrogen (secondary N) is 1. The number of thioether (sulfide) groups is 1. The third kappa shape index (κ3) is 6.40. The molecule has 1 amide bonds. The Bertz CT molecular complexity index is 693. The standard InChI is InChI=1S/C17H22N4OS2.2ClH/c18-6-5-16-19-15(12-24-16)17(22)20-14-4-2-1-3-13(14)11-21-7-9-23-10-8-21;;/h1-4,12H,5-11,18H2,(H,20,22);2*1H. The summed E-state index contributed by atoms with van der Waals surface area (Å²) in [4.78, 5) is 19.2. The van der Waals surface area contributed by atoms with E-state index in [1.54, 1.807) is 5.38 Å². The average molecular weight is 435 g/mol. The van der Waals surface area contributed by atoms with E-state index in [0.29, 0.717) is 18.7 Å². The van der Waals surface area contributed by atoms with Gasteiger partial charge in [-0.15, -0.1) is 36.2 Å². The van der Waals surface area contributed by atoms with Gasteiger partial charge in [-0.3, -0.25) is 9.69 Å². The molecule has 144 valence electrons. The van der Waals surface area contributed by atoms with Crippen molar-refractivity contribution in [2.24, 2.45) is 5.73 Å². The minimum Gasteiger partial charge on any atom is -0.330 e. The lowest BCUT2D eigenvalue weighted by molar-refractivity contribution is 0.102. The lowest BCUT2D eigenvalue weighted by atomic mass is 10.1. The number of hydrogen-bond donors (Lipinski definition) is 2. The summed E-state index contributed by atoms with van der Waals surface area (Å²) < 4.78 is 0. The molecule has 3 rings (SSSR count). The number of carbonyl (C=O) groups is 1. The topological polar surface area (TPSA) is 71.2 Å². The van der Waals surface area contributed by atoms with Crippen molar-refractivity contribution in [3.63, 3.8) is 0 Å². The van der Waals surface area contributed by atoms with E-state index in [-0.39, 0.29) is 30.7 Å². The molecule has 9 heteroatoms. The number of thiazole rings is 1. The first kappa shape index (κ1) is 23.2. The molecule has 1 aromatic carbocycles. The van der Waals surface area contributed by atoms with E-state index >= 15 is 0 Å². The first-order valence-corrected chi connectivity index (χ1v) is 10.1. The minimum absolute atomic E-state index is 0. The molecule has 3 N–H and O–H groups in total. The van der Waals surface area contributed by atoms with Crippen LogP contribution in [-0.4, -0.2) is 46.9 Å². The lowest BCUT2D eigenvalue weighted by Crippen LogP contribution is -2.32. The van der Waals surface area contributed by atoms with Gasteiger partial charge in [0.05, 0.1) is 5.01 Å². The van der Waals surface area contributed by atoms with Crippen molar-refractivity contribution in [1.82, 2.24) is 9.88 Å². The normalized spacial score (nSPS) is 14.2. The maximum absolute atomic E-state index is 12.5. The summed E-state index contributed by atoms with van der Waals surface area (Å²) in [5.74, 6) is 2.20. The molecule has 0 atom stereocenters. The molecule has 0 aliphatic carbocycles. The van der Waals surface area contributed by atoms with Crippen molar-refractivity contribution in [1.29, 1.82) is 0 Å². The molecule has 0 spiro atoms. The van der Waals surface area contributed by atoms with Crippen molar-refractivity contribution in [2.45, 2.75) is 13.0 Å². The number of carbonyl (C=O) groups excluding carboxylic acids is 1. The van der Waals surface area contributed by atoms with Crippen LogP contribution in [-0.2, 0) is 13.0 Å². The van der Waals surface area contributed by atoms with Gasteiger partial charge in [-0.1, -0.05) is 18.2 Å². The van der Waals surface area contributed by atoms with Gasteiger partial charge in [-0.25, -0.2) is 4.98 Å². The van der Waals surface area contributed by atoms with Crippen molar-refractivity contribution in [2.75, 3.05) is 36.5 Å². The first-order chi connectivity index (χ1) is 11.8. The zero-order valence-electron chi connectivity index (χ0n) is 14.3. The SMILES string of the molecule is Cl.Cl.NCCc1nc(C(=O)Nc2ccccc2CN2CCSCC2)cs1. The Morgan fingerprint density at radius 1 is 1.23 bits per heavy atom. The van der Waals surface area contributed by atoms with E-state index in [1.165, 1.54) is 22.8 Å². The van der Waals surface area contributed by atoms with Gasteiger partial charge >= 0.3 is 0 Å². The summed E-state index contributed by atoms with van der Waals surface area (Å²) in [5, 5.41) is 5.71. The second-order valence-electron chi connectivity index (χ2n) is 5.66. The number of hydrogen-bond acceptors (Lipinski definition) is 6. The molecule has 1 aliphatic rings. The molecule has 1 fully saturated rings. The highest BCUT2D eigenvalue weighted by molar-refractivity contribution is 7.99. The monoisotopic (exact) mass is 434 g/mol. The average Bonchev–Trinajstić information content (AvgIpc) is 3.07. The number of anilines is 1. The number of para-hydroxylation sites is 1. The molecule has 2 aromatic rings. The zero-order chi connectivity index (χ0) is 16.8. The molecule has 2 heterocycles. The molecular formula is C17H24Cl2N4OS2. The van der Waals surface area contributed by atoms with Crippen LogP contribution in [0.5, 0.6) is 0 Å². The van der Waals surface area contributed by atoms with Crippen molar-refractivity contribution < 1.29 is 4.79 Å². The lowest BCUT2D eigenvalue weighted by Gasteiger charge is -2.27. The molecule has 0 saturated carbocycles. The molecule has 1 saturated heterocycles. The third-order valence-corrected chi connectivity index (χ3v) is 5.76. The number of halogens is 2. The summed E-state index contributed by atoms with van der Waals surface area (Å²) in [6.07, 6.45) is 0.710. The van der Waals surface area contributed by atoms with E-state index in [2.05, 4.69) is 21.3 Å². The molecule has 0 radical (unpaired) electrons. The predicted octanol–water partition coefficient (Wildman–Crippen LogP) is 3.29. The van der Waals surface area contributed by atoms with E-state index in [9.17, 15) is 4.79 Å². The maximum atomic E-state index is 12.5. The first-order valence-electron chi connectivity index (χ1n) is 8.10. The van der Waals surface area contributed by atoms with Crippen LogP contribution in [0.15, 0.2) is 29.6 Å². The van der Waals surface area contributed by atoms with Gasteiger partial charge in [0.1, 0.15) is 5.69 Å². The number of benzene rings is 1. The Balaban J connectivity index is 0.00000169. The number of nitrogens with zero attached hydrogens (tertiary/aromatic N) is 2. The maximum Gasteiger partial charge on any atom is 0.275 e. The Hall–Kier alpha value is -0.830. The van der Waals surface area contributed by atoms with Gasteiger partial charge in [0.15, 0.2) is 0 Å². The highest BCUT2D eigenvalue weighted by atomic mass is 35.5. The van der Waals surface area contributed by atoms with Gasteiger partial charge in [-0.2, -0.15) is 11.8 Å². The van der Waals surface area contributed by atoms with E-state index in [0.717, 1.165) is 35.9 Å². The van der Waals surface area contributed by atoms with E-state index in [4.69, 9.17) is 5.73 Å². The van der Waals surface area contributed by atoms with Gasteiger partial charge < -0.3 is 11.1 Å². The van der Waals surface area contributed by atoms with Crippen LogP contribution in [0.2, 0.25) is 0 Å². The quantitative estimate of drug-likeness (QED) is 0.729. The smallest absolute Gasteiger partial charge is 0.275 e. The van der Waals surface area contributed by atoms with Gasteiger partial charge in [0.25, 0.3) is 5.91 Å². The van der Waals surface area contributed by atoms with Crippen LogP contribution in [0.3, 0.4) is 0 Å². The van der Waals surface area contributed by atoms with Crippen LogP contribution < -0.4 is 11.1 Å².